The highest BCUT2D eigenvalue weighted by Gasteiger charge is 2.38. The summed E-state index contributed by atoms with van der Waals surface area (Å²) in [6.45, 7) is 0.641. The molecule has 1 aromatic heterocycles. The van der Waals surface area contributed by atoms with Gasteiger partial charge in [0.15, 0.2) is 0 Å². The lowest BCUT2D eigenvalue weighted by Crippen LogP contribution is -2.35. The number of nitrogens with zero attached hydrogens (tertiary/aromatic N) is 2. The van der Waals surface area contributed by atoms with Crippen LogP contribution in [0.2, 0.25) is 0 Å². The summed E-state index contributed by atoms with van der Waals surface area (Å²) in [7, 11) is 0. The minimum atomic E-state index is -0.386. The zero-order valence-corrected chi connectivity index (χ0v) is 14.6. The van der Waals surface area contributed by atoms with Crippen LogP contribution in [-0.2, 0) is 9.53 Å². The molecule has 1 saturated heterocycles. The molecule has 6 heteroatoms. The Labute approximate surface area is 148 Å². The number of hydrogen-bond donors (Lipinski definition) is 0. The van der Waals surface area contributed by atoms with E-state index < -0.39 is 0 Å². The van der Waals surface area contributed by atoms with Crippen molar-refractivity contribution in [2.75, 3.05) is 6.61 Å². The summed E-state index contributed by atoms with van der Waals surface area (Å²) in [4.78, 5) is 12.9. The van der Waals surface area contributed by atoms with Crippen LogP contribution in [0.4, 0.5) is 0 Å². The predicted octanol–water partition coefficient (Wildman–Crippen LogP) is 3.90. The van der Waals surface area contributed by atoms with Crippen LogP contribution >= 0.6 is 15.9 Å². The molecular formula is C18H17BrN2O3. The van der Waals surface area contributed by atoms with E-state index in [0.29, 0.717) is 18.8 Å². The van der Waals surface area contributed by atoms with E-state index >= 15 is 0 Å². The molecule has 2 aliphatic heterocycles. The minimum absolute atomic E-state index is 0.0676. The average molecular weight is 389 g/mol. The molecule has 1 amide bonds. The molecule has 1 aromatic carbocycles. The average Bonchev–Trinajstić information content (AvgIpc) is 3.34. The normalized spacial score (nSPS) is 23.5. The molecule has 124 valence electrons. The number of benzene rings is 1. The van der Waals surface area contributed by atoms with Crippen molar-refractivity contribution in [1.82, 2.24) is 5.01 Å². The number of furan rings is 1. The standard InChI is InChI=1S/C18H17BrN2O3/c19-13-7-5-12(6-8-13)15-11-14(16-3-1-9-23-16)20-21(15)18(22)17-4-2-10-24-17/h1,3,5-9,15,17H,2,4,10-11H2/t15-,17+/m0/s1. The first-order valence-corrected chi connectivity index (χ1v) is 8.83. The van der Waals surface area contributed by atoms with E-state index in [1.54, 1.807) is 11.3 Å². The monoisotopic (exact) mass is 388 g/mol. The lowest BCUT2D eigenvalue weighted by atomic mass is 10.0. The van der Waals surface area contributed by atoms with E-state index in [0.717, 1.165) is 28.6 Å². The predicted molar refractivity (Wildman–Crippen MR) is 92.6 cm³/mol. The highest BCUT2D eigenvalue weighted by atomic mass is 79.9. The zero-order valence-electron chi connectivity index (χ0n) is 13.0. The van der Waals surface area contributed by atoms with E-state index in [2.05, 4.69) is 21.0 Å². The van der Waals surface area contributed by atoms with E-state index in [9.17, 15) is 4.79 Å². The van der Waals surface area contributed by atoms with Crippen LogP contribution in [0.3, 0.4) is 0 Å². The molecule has 4 rings (SSSR count). The van der Waals surface area contributed by atoms with Gasteiger partial charge in [0, 0.05) is 17.5 Å². The van der Waals surface area contributed by atoms with Crippen molar-refractivity contribution in [3.63, 3.8) is 0 Å². The number of hydrogen-bond acceptors (Lipinski definition) is 4. The number of carbonyl (C=O) groups excluding carboxylic acids is 1. The van der Waals surface area contributed by atoms with Crippen LogP contribution in [0.1, 0.15) is 36.6 Å². The van der Waals surface area contributed by atoms with Gasteiger partial charge in [0.1, 0.15) is 17.6 Å². The smallest absolute Gasteiger partial charge is 0.272 e. The highest BCUT2D eigenvalue weighted by molar-refractivity contribution is 9.10. The number of amides is 1. The molecule has 5 nitrogen and oxygen atoms in total. The van der Waals surface area contributed by atoms with Gasteiger partial charge in [0.25, 0.3) is 5.91 Å². The SMILES string of the molecule is O=C([C@H]1CCCO1)N1N=C(c2ccco2)C[C@H]1c1ccc(Br)cc1. The summed E-state index contributed by atoms with van der Waals surface area (Å²) in [6, 6.07) is 11.6. The van der Waals surface area contributed by atoms with Gasteiger partial charge in [0.05, 0.1) is 12.3 Å². The van der Waals surface area contributed by atoms with Crippen molar-refractivity contribution < 1.29 is 13.9 Å². The van der Waals surface area contributed by atoms with E-state index in [4.69, 9.17) is 9.15 Å². The Hall–Kier alpha value is -1.92. The minimum Gasteiger partial charge on any atom is -0.463 e. The first kappa shape index (κ1) is 15.6. The fourth-order valence-electron chi connectivity index (χ4n) is 3.17. The summed E-state index contributed by atoms with van der Waals surface area (Å²) in [5.74, 6) is 0.640. The maximum absolute atomic E-state index is 12.9. The van der Waals surface area contributed by atoms with Gasteiger partial charge in [-0.25, -0.2) is 5.01 Å². The largest absolute Gasteiger partial charge is 0.463 e. The molecule has 3 heterocycles. The van der Waals surface area contributed by atoms with Gasteiger partial charge in [-0.3, -0.25) is 4.79 Å². The summed E-state index contributed by atoms with van der Waals surface area (Å²) in [5.41, 5.74) is 1.84. The topological polar surface area (TPSA) is 55.0 Å². The van der Waals surface area contributed by atoms with Crippen molar-refractivity contribution in [2.24, 2.45) is 5.10 Å². The molecule has 2 aromatic rings. The van der Waals surface area contributed by atoms with Crippen LogP contribution in [0.15, 0.2) is 56.7 Å². The molecule has 0 N–H and O–H groups in total. The van der Waals surface area contributed by atoms with Gasteiger partial charge < -0.3 is 9.15 Å². The Morgan fingerprint density at radius 3 is 2.75 bits per heavy atom. The molecule has 2 atom stereocenters. The van der Waals surface area contributed by atoms with Crippen LogP contribution in [-0.4, -0.2) is 29.3 Å². The van der Waals surface area contributed by atoms with E-state index in [-0.39, 0.29) is 18.1 Å². The number of hydrazone groups is 1. The van der Waals surface area contributed by atoms with Crippen LogP contribution in [0, 0.1) is 0 Å². The number of halogens is 1. The quantitative estimate of drug-likeness (QED) is 0.800. The molecule has 24 heavy (non-hydrogen) atoms. The molecule has 0 spiro atoms. The third-order valence-corrected chi connectivity index (χ3v) is 4.93. The molecule has 0 radical (unpaired) electrons. The second kappa shape index (κ2) is 6.53. The summed E-state index contributed by atoms with van der Waals surface area (Å²) in [5, 5.41) is 6.15. The molecule has 0 bridgehead atoms. The van der Waals surface area contributed by atoms with Gasteiger partial charge >= 0.3 is 0 Å². The first-order chi connectivity index (χ1) is 11.7. The van der Waals surface area contributed by atoms with Crippen molar-refractivity contribution in [1.29, 1.82) is 0 Å². The van der Waals surface area contributed by atoms with Gasteiger partial charge in [0.2, 0.25) is 0 Å². The Morgan fingerprint density at radius 2 is 2.08 bits per heavy atom. The maximum Gasteiger partial charge on any atom is 0.272 e. The maximum atomic E-state index is 12.9. The van der Waals surface area contributed by atoms with Gasteiger partial charge in [-0.1, -0.05) is 28.1 Å². The Bertz CT molecular complexity index is 749. The summed E-state index contributed by atoms with van der Waals surface area (Å²) >= 11 is 3.45. The van der Waals surface area contributed by atoms with Crippen LogP contribution < -0.4 is 0 Å². The summed E-state index contributed by atoms with van der Waals surface area (Å²) in [6.07, 6.45) is 3.54. The fraction of sp³-hybridized carbons (Fsp3) is 0.333. The van der Waals surface area contributed by atoms with Crippen LogP contribution in [0.25, 0.3) is 0 Å². The molecule has 2 aliphatic rings. The molecule has 1 fully saturated rings. The Morgan fingerprint density at radius 1 is 1.25 bits per heavy atom. The van der Waals surface area contributed by atoms with Crippen molar-refractivity contribution in [3.05, 3.63) is 58.5 Å². The lowest BCUT2D eigenvalue weighted by molar-refractivity contribution is -0.142. The molecular weight excluding hydrogens is 372 g/mol. The Balaban J connectivity index is 1.66. The van der Waals surface area contributed by atoms with Gasteiger partial charge in [-0.15, -0.1) is 0 Å². The third kappa shape index (κ3) is 2.91. The molecule has 0 saturated carbocycles. The fourth-order valence-corrected chi connectivity index (χ4v) is 3.43. The zero-order chi connectivity index (χ0) is 16.5. The van der Waals surface area contributed by atoms with Gasteiger partial charge in [-0.05, 0) is 42.7 Å². The lowest BCUT2D eigenvalue weighted by Gasteiger charge is -2.24. The highest BCUT2D eigenvalue weighted by Crippen LogP contribution is 2.35. The van der Waals surface area contributed by atoms with Crippen LogP contribution in [0.5, 0.6) is 0 Å². The van der Waals surface area contributed by atoms with Gasteiger partial charge in [-0.2, -0.15) is 5.10 Å². The summed E-state index contributed by atoms with van der Waals surface area (Å²) < 4.78 is 12.0. The number of carbonyl (C=O) groups is 1. The van der Waals surface area contributed by atoms with Crippen molar-refractivity contribution in [2.45, 2.75) is 31.4 Å². The number of ether oxygens (including phenoxy) is 1. The molecule has 0 unspecified atom stereocenters. The molecule has 0 aliphatic carbocycles. The second-order valence-corrected chi connectivity index (χ2v) is 6.90. The van der Waals surface area contributed by atoms with Crippen molar-refractivity contribution >= 4 is 27.5 Å². The number of rotatable bonds is 3. The van der Waals surface area contributed by atoms with Crippen molar-refractivity contribution in [3.8, 4) is 0 Å². The third-order valence-electron chi connectivity index (χ3n) is 4.40. The Kier molecular flexibility index (Phi) is 4.24. The van der Waals surface area contributed by atoms with E-state index in [1.807, 2.05) is 36.4 Å². The van der Waals surface area contributed by atoms with E-state index in [1.165, 1.54) is 0 Å². The first-order valence-electron chi connectivity index (χ1n) is 8.04. The second-order valence-electron chi connectivity index (χ2n) is 5.98.